The lowest BCUT2D eigenvalue weighted by Crippen LogP contribution is -2.59. The minimum atomic E-state index is -1.46. The first kappa shape index (κ1) is 55.4. The number of amides is 8. The summed E-state index contributed by atoms with van der Waals surface area (Å²) in [4.78, 5) is 120. The van der Waals surface area contributed by atoms with Crippen LogP contribution in [-0.4, -0.2) is 174 Å². The molecule has 8 amide bonds. The summed E-state index contributed by atoms with van der Waals surface area (Å²) in [6.45, 7) is 4.69. The van der Waals surface area contributed by atoms with Crippen molar-refractivity contribution in [2.24, 2.45) is 11.7 Å². The predicted molar refractivity (Wildman–Crippen MR) is 243 cm³/mol. The van der Waals surface area contributed by atoms with Gasteiger partial charge in [-0.05, 0) is 108 Å². The molecule has 63 heavy (non-hydrogen) atoms. The molecule has 11 N–H and O–H groups in total. The molecule has 0 aromatic heterocycles. The molecule has 0 saturated carbocycles. The van der Waals surface area contributed by atoms with Gasteiger partial charge in [0.05, 0.1) is 31.1 Å². The summed E-state index contributed by atoms with van der Waals surface area (Å²) in [5, 5.41) is 31.5. The lowest BCUT2D eigenvalue weighted by atomic mass is 10.00. The van der Waals surface area contributed by atoms with E-state index in [9.17, 15) is 48.3 Å². The number of rotatable bonds is 29. The number of hydrogen-bond donors (Lipinski definition) is 10. The zero-order valence-electron chi connectivity index (χ0n) is 37.1. The van der Waals surface area contributed by atoms with Crippen LogP contribution in [0, 0.1) is 5.92 Å². The van der Waals surface area contributed by atoms with Crippen molar-refractivity contribution in [2.45, 2.75) is 127 Å². The topological polar surface area (TPSA) is 299 Å². The summed E-state index contributed by atoms with van der Waals surface area (Å²) >= 11 is 8.70. The molecule has 2 aliphatic heterocycles. The van der Waals surface area contributed by atoms with E-state index < -0.39 is 103 Å². The fourth-order valence-corrected chi connectivity index (χ4v) is 8.19. The van der Waals surface area contributed by atoms with Crippen LogP contribution in [0.5, 0.6) is 0 Å². The summed E-state index contributed by atoms with van der Waals surface area (Å²) in [6.07, 6.45) is 7.66. The van der Waals surface area contributed by atoms with Gasteiger partial charge in [0.25, 0.3) is 0 Å². The van der Waals surface area contributed by atoms with Gasteiger partial charge in [0.1, 0.15) is 36.3 Å². The van der Waals surface area contributed by atoms with Gasteiger partial charge in [0, 0.05) is 6.54 Å². The molecule has 23 heteroatoms. The first-order valence-corrected chi connectivity index (χ1v) is 24.9. The van der Waals surface area contributed by atoms with Crippen molar-refractivity contribution in [1.82, 2.24) is 47.4 Å². The average molecular weight is 950 g/mol. The standard InChI is InChI=1S/C40H69ClN10O10S2/c1-23(2)33(31(53)20-41)50-39(60)30-12-9-17-51(30)40(61)29(22-52)49-34(55)24(3)45-37(58)26(10-6-7-15-42)46-32(54)21-44-35(56)27(13-18-62-4)47-38(59)28(14-19-63-5)48-36(57)25-11-8-16-43-25/h23-30,33,43,52H,6-22,42H2,1-5H3,(H,44,56)(H,45,58)(H,46,54)(H,47,59)(H,48,57)(H,49,55)(H,50,60)/t24-,25-,26-,27-,28-,29-,30-,33-/m0/s1. The quantitative estimate of drug-likeness (QED) is 0.0283. The highest BCUT2D eigenvalue weighted by molar-refractivity contribution is 7.98. The van der Waals surface area contributed by atoms with E-state index in [1.807, 2.05) is 12.5 Å². The third kappa shape index (κ3) is 18.7. The van der Waals surface area contributed by atoms with Gasteiger partial charge in [-0.2, -0.15) is 23.5 Å². The molecule has 0 spiro atoms. The van der Waals surface area contributed by atoms with E-state index in [-0.39, 0.29) is 42.9 Å². The first-order chi connectivity index (χ1) is 30.0. The van der Waals surface area contributed by atoms with Crippen LogP contribution >= 0.6 is 35.1 Å². The van der Waals surface area contributed by atoms with Crippen LogP contribution in [0.15, 0.2) is 0 Å². The zero-order valence-corrected chi connectivity index (χ0v) is 39.4. The molecule has 20 nitrogen and oxygen atoms in total. The smallest absolute Gasteiger partial charge is 0.248 e. The second-order valence-electron chi connectivity index (χ2n) is 16.0. The number of thioether (sulfide) groups is 2. The van der Waals surface area contributed by atoms with Crippen molar-refractivity contribution in [3.05, 3.63) is 0 Å². The molecule has 8 atom stereocenters. The number of nitrogens with one attached hydrogen (secondary N) is 8. The lowest BCUT2D eigenvalue weighted by molar-refractivity contribution is -0.143. The Labute approximate surface area is 383 Å². The summed E-state index contributed by atoms with van der Waals surface area (Å²) < 4.78 is 0. The van der Waals surface area contributed by atoms with E-state index in [0.717, 1.165) is 6.42 Å². The number of ketones is 1. The number of nitrogens with zero attached hydrogens (tertiary/aromatic N) is 1. The second kappa shape index (κ2) is 29.7. The molecule has 0 aromatic carbocycles. The van der Waals surface area contributed by atoms with Crippen LogP contribution in [0.2, 0.25) is 0 Å². The van der Waals surface area contributed by atoms with Gasteiger partial charge in [-0.15, -0.1) is 11.6 Å². The molecule has 0 aliphatic carbocycles. The lowest BCUT2D eigenvalue weighted by Gasteiger charge is -2.30. The van der Waals surface area contributed by atoms with E-state index in [0.29, 0.717) is 63.1 Å². The maximum absolute atomic E-state index is 13.5. The summed E-state index contributed by atoms with van der Waals surface area (Å²) in [5.41, 5.74) is 5.65. The SMILES string of the molecule is CSCC[C@H](NC(=O)[C@H](CCSC)NC(=O)[C@@H]1CCCN1)C(=O)NCC(=O)N[C@@H](CCCCN)C(=O)N[C@@H](C)C(=O)N[C@@H](CO)C(=O)N1CCC[C@H]1C(=O)N[C@H](C(=O)CCl)C(C)C. The first-order valence-electron chi connectivity index (χ1n) is 21.5. The van der Waals surface area contributed by atoms with Gasteiger partial charge < -0.3 is 58.3 Å². The van der Waals surface area contributed by atoms with Crippen molar-refractivity contribution in [3.63, 3.8) is 0 Å². The molecule has 2 aliphatic rings. The van der Waals surface area contributed by atoms with Crippen molar-refractivity contribution in [2.75, 3.05) is 62.7 Å². The number of halogens is 1. The van der Waals surface area contributed by atoms with Crippen molar-refractivity contribution < 1.29 is 48.3 Å². The van der Waals surface area contributed by atoms with E-state index >= 15 is 0 Å². The van der Waals surface area contributed by atoms with E-state index in [1.165, 1.54) is 35.3 Å². The fourth-order valence-electron chi connectivity index (χ4n) is 7.08. The van der Waals surface area contributed by atoms with Crippen LogP contribution in [0.25, 0.3) is 0 Å². The van der Waals surface area contributed by atoms with Crippen LogP contribution in [0.1, 0.15) is 78.6 Å². The number of hydrogen-bond acceptors (Lipinski definition) is 14. The van der Waals surface area contributed by atoms with E-state index in [2.05, 4.69) is 42.5 Å². The van der Waals surface area contributed by atoms with Crippen molar-refractivity contribution >= 4 is 88.2 Å². The third-order valence-corrected chi connectivity index (χ3v) is 12.3. The molecule has 0 aromatic rings. The molecular weight excluding hydrogens is 880 g/mol. The van der Waals surface area contributed by atoms with Gasteiger partial charge in [0.2, 0.25) is 47.3 Å². The third-order valence-electron chi connectivity index (χ3n) is 10.7. The number of unbranched alkanes of at least 4 members (excludes halogenated alkanes) is 1. The van der Waals surface area contributed by atoms with Gasteiger partial charge in [-0.3, -0.25) is 43.2 Å². The largest absolute Gasteiger partial charge is 0.394 e. The summed E-state index contributed by atoms with van der Waals surface area (Å²) in [6, 6.07) is -7.96. The van der Waals surface area contributed by atoms with Crippen LogP contribution in [0.4, 0.5) is 0 Å². The monoisotopic (exact) mass is 948 g/mol. The Kier molecular flexibility index (Phi) is 26.1. The normalized spacial score (nSPS) is 18.8. The Hall–Kier alpha value is -3.70. The van der Waals surface area contributed by atoms with Gasteiger partial charge in [-0.1, -0.05) is 13.8 Å². The molecule has 2 heterocycles. The van der Waals surface area contributed by atoms with Crippen LogP contribution < -0.4 is 48.3 Å². The molecular formula is C40H69ClN10O10S2. The zero-order chi connectivity index (χ0) is 47.1. The molecule has 0 radical (unpaired) electrons. The number of carbonyl (C=O) groups excluding carboxylic acids is 9. The Morgan fingerprint density at radius 3 is 1.94 bits per heavy atom. The number of aliphatic hydroxyl groups is 1. The Balaban J connectivity index is 2.05. The maximum atomic E-state index is 13.5. The molecule has 0 unspecified atom stereocenters. The molecule has 2 saturated heterocycles. The minimum absolute atomic E-state index is 0.132. The highest BCUT2D eigenvalue weighted by Gasteiger charge is 2.40. The summed E-state index contributed by atoms with van der Waals surface area (Å²) in [5.74, 6) is -4.85. The Bertz CT molecular complexity index is 1560. The second-order valence-corrected chi connectivity index (χ2v) is 18.2. The number of aliphatic hydroxyl groups excluding tert-OH is 1. The Morgan fingerprint density at radius 1 is 0.746 bits per heavy atom. The van der Waals surface area contributed by atoms with Gasteiger partial charge in [-0.25, -0.2) is 0 Å². The Morgan fingerprint density at radius 2 is 1.37 bits per heavy atom. The highest BCUT2D eigenvalue weighted by Crippen LogP contribution is 2.20. The van der Waals surface area contributed by atoms with Crippen LogP contribution in [0.3, 0.4) is 0 Å². The fraction of sp³-hybridized carbons (Fsp3) is 0.775. The molecule has 0 bridgehead atoms. The van der Waals surface area contributed by atoms with E-state index in [4.69, 9.17) is 17.3 Å². The molecule has 2 fully saturated rings. The number of likely N-dealkylation sites (tertiary alicyclic amines) is 1. The molecule has 358 valence electrons. The van der Waals surface area contributed by atoms with Crippen molar-refractivity contribution in [1.29, 1.82) is 0 Å². The molecule has 2 rings (SSSR count). The minimum Gasteiger partial charge on any atom is -0.394 e. The summed E-state index contributed by atoms with van der Waals surface area (Å²) in [7, 11) is 0. The number of nitrogens with two attached hydrogens (primary N) is 1. The maximum Gasteiger partial charge on any atom is 0.248 e. The number of Topliss-reactive ketones (excluding diaryl/α,β-unsaturated/α-hetero) is 1. The van der Waals surface area contributed by atoms with Crippen molar-refractivity contribution in [3.8, 4) is 0 Å². The van der Waals surface area contributed by atoms with E-state index in [1.54, 1.807) is 13.8 Å². The predicted octanol–water partition coefficient (Wildman–Crippen LogP) is -2.13. The number of carbonyl (C=O) groups is 9. The van der Waals surface area contributed by atoms with Gasteiger partial charge in [0.15, 0.2) is 5.78 Å². The number of alkyl halides is 1. The average Bonchev–Trinajstić information content (AvgIpc) is 3.99. The van der Waals surface area contributed by atoms with Gasteiger partial charge >= 0.3 is 0 Å². The highest BCUT2D eigenvalue weighted by atomic mass is 35.5. The van der Waals surface area contributed by atoms with Crippen LogP contribution in [-0.2, 0) is 43.2 Å².